The Morgan fingerprint density at radius 1 is 0.826 bits per heavy atom. The summed E-state index contributed by atoms with van der Waals surface area (Å²) in [4.78, 5) is 24.0. The first-order chi connectivity index (χ1) is 11.0. The lowest BCUT2D eigenvalue weighted by Gasteiger charge is -2.09. The maximum Gasteiger partial charge on any atom is 0.269 e. The summed E-state index contributed by atoms with van der Waals surface area (Å²) in [5, 5.41) is 0. The average Bonchev–Trinajstić information content (AvgIpc) is 2.53. The minimum Gasteiger partial charge on any atom is -0.267 e. The van der Waals surface area contributed by atoms with Gasteiger partial charge in [0.25, 0.3) is 11.8 Å². The second-order valence-electron chi connectivity index (χ2n) is 6.07. The molecule has 2 amide bonds. The summed E-state index contributed by atoms with van der Waals surface area (Å²) in [6, 6.07) is 14.6. The zero-order chi connectivity index (χ0) is 16.8. The number of carbonyl (C=O) groups is 2. The lowest BCUT2D eigenvalue weighted by atomic mass is 10.0. The van der Waals surface area contributed by atoms with Crippen LogP contribution in [-0.4, -0.2) is 11.8 Å². The molecule has 0 aromatic heterocycles. The Morgan fingerprint density at radius 3 is 1.70 bits per heavy atom. The van der Waals surface area contributed by atoms with E-state index >= 15 is 0 Å². The monoisotopic (exact) mass is 310 g/mol. The molecule has 0 saturated heterocycles. The van der Waals surface area contributed by atoms with Crippen molar-refractivity contribution in [2.24, 2.45) is 5.92 Å². The molecule has 0 atom stereocenters. The first-order valence-electron chi connectivity index (χ1n) is 7.72. The highest BCUT2D eigenvalue weighted by molar-refractivity contribution is 5.99. The van der Waals surface area contributed by atoms with Gasteiger partial charge in [0.2, 0.25) is 0 Å². The number of rotatable bonds is 4. The molecule has 0 fully saturated rings. The van der Waals surface area contributed by atoms with Crippen molar-refractivity contribution in [1.82, 2.24) is 10.9 Å². The van der Waals surface area contributed by atoms with E-state index in [1.165, 1.54) is 5.56 Å². The molecule has 0 unspecified atom stereocenters. The molecule has 23 heavy (non-hydrogen) atoms. The van der Waals surface area contributed by atoms with Gasteiger partial charge in [0.1, 0.15) is 0 Å². The van der Waals surface area contributed by atoms with Crippen molar-refractivity contribution in [1.29, 1.82) is 0 Å². The molecule has 2 rings (SSSR count). The average molecular weight is 310 g/mol. The van der Waals surface area contributed by atoms with Crippen LogP contribution in [0.3, 0.4) is 0 Å². The Hall–Kier alpha value is -2.62. The summed E-state index contributed by atoms with van der Waals surface area (Å²) in [7, 11) is 0. The molecule has 2 aromatic carbocycles. The Morgan fingerprint density at radius 2 is 1.26 bits per heavy atom. The fourth-order valence-electron chi connectivity index (χ4n) is 2.23. The number of hydrazine groups is 1. The summed E-state index contributed by atoms with van der Waals surface area (Å²) < 4.78 is 0. The van der Waals surface area contributed by atoms with Crippen molar-refractivity contribution in [3.05, 3.63) is 70.8 Å². The number of benzene rings is 2. The zero-order valence-corrected chi connectivity index (χ0v) is 13.7. The summed E-state index contributed by atoms with van der Waals surface area (Å²) in [6.45, 7) is 6.26. The summed E-state index contributed by atoms with van der Waals surface area (Å²) in [6.07, 6.45) is 0.978. The van der Waals surface area contributed by atoms with E-state index in [1.807, 2.05) is 31.2 Å². The molecule has 120 valence electrons. The number of carbonyl (C=O) groups excluding carboxylic acids is 2. The van der Waals surface area contributed by atoms with Crippen LogP contribution < -0.4 is 10.9 Å². The topological polar surface area (TPSA) is 58.2 Å². The van der Waals surface area contributed by atoms with Gasteiger partial charge in [-0.05, 0) is 49.1 Å². The van der Waals surface area contributed by atoms with E-state index in [0.717, 1.165) is 12.0 Å². The third-order valence-corrected chi connectivity index (χ3v) is 3.46. The quantitative estimate of drug-likeness (QED) is 0.852. The first-order valence-corrected chi connectivity index (χ1v) is 7.72. The van der Waals surface area contributed by atoms with Crippen molar-refractivity contribution >= 4 is 11.8 Å². The van der Waals surface area contributed by atoms with Gasteiger partial charge in [-0.2, -0.15) is 0 Å². The summed E-state index contributed by atoms with van der Waals surface area (Å²) in [5.41, 5.74) is 8.15. The fraction of sp³-hybridized carbons (Fsp3) is 0.263. The Labute approximate surface area is 136 Å². The van der Waals surface area contributed by atoms with Crippen molar-refractivity contribution in [3.63, 3.8) is 0 Å². The van der Waals surface area contributed by atoms with Gasteiger partial charge in [0, 0.05) is 11.1 Å². The lowest BCUT2D eigenvalue weighted by Crippen LogP contribution is -2.41. The SMILES string of the molecule is Cc1ccc(C(=O)NNC(=O)c2ccc(CC(C)C)cc2)cc1. The Bertz CT molecular complexity index is 674. The molecule has 4 heteroatoms. The minimum absolute atomic E-state index is 0.332. The molecule has 0 bridgehead atoms. The fourth-order valence-corrected chi connectivity index (χ4v) is 2.23. The van der Waals surface area contributed by atoms with Gasteiger partial charge >= 0.3 is 0 Å². The van der Waals surface area contributed by atoms with Gasteiger partial charge in [-0.25, -0.2) is 0 Å². The van der Waals surface area contributed by atoms with Gasteiger partial charge < -0.3 is 0 Å². The summed E-state index contributed by atoms with van der Waals surface area (Å²) >= 11 is 0. The second kappa shape index (κ2) is 7.58. The molecular weight excluding hydrogens is 288 g/mol. The highest BCUT2D eigenvalue weighted by atomic mass is 16.2. The van der Waals surface area contributed by atoms with E-state index < -0.39 is 0 Å². The van der Waals surface area contributed by atoms with Crippen LogP contribution >= 0.6 is 0 Å². The maximum atomic E-state index is 12.0. The van der Waals surface area contributed by atoms with E-state index in [1.54, 1.807) is 24.3 Å². The Kier molecular flexibility index (Phi) is 5.52. The van der Waals surface area contributed by atoms with Crippen LogP contribution in [0.2, 0.25) is 0 Å². The second-order valence-corrected chi connectivity index (χ2v) is 6.07. The van der Waals surface area contributed by atoms with Gasteiger partial charge in [0.15, 0.2) is 0 Å². The molecule has 2 aromatic rings. The largest absolute Gasteiger partial charge is 0.269 e. The van der Waals surface area contributed by atoms with E-state index in [0.29, 0.717) is 17.0 Å². The minimum atomic E-state index is -0.338. The summed E-state index contributed by atoms with van der Waals surface area (Å²) in [5.74, 6) is -0.0974. The Balaban J connectivity index is 1.91. The molecule has 4 nitrogen and oxygen atoms in total. The van der Waals surface area contributed by atoms with E-state index in [-0.39, 0.29) is 11.8 Å². The molecule has 0 aliphatic heterocycles. The van der Waals surface area contributed by atoms with Crippen molar-refractivity contribution in [3.8, 4) is 0 Å². The molecule has 0 heterocycles. The van der Waals surface area contributed by atoms with E-state index in [4.69, 9.17) is 0 Å². The zero-order valence-electron chi connectivity index (χ0n) is 13.7. The molecular formula is C19H22N2O2. The van der Waals surface area contributed by atoms with Crippen LogP contribution in [0.25, 0.3) is 0 Å². The highest BCUT2D eigenvalue weighted by Gasteiger charge is 2.09. The smallest absolute Gasteiger partial charge is 0.267 e. The predicted molar refractivity (Wildman–Crippen MR) is 91.1 cm³/mol. The number of amides is 2. The van der Waals surface area contributed by atoms with Crippen LogP contribution in [-0.2, 0) is 6.42 Å². The van der Waals surface area contributed by atoms with Crippen molar-refractivity contribution in [2.45, 2.75) is 27.2 Å². The van der Waals surface area contributed by atoms with Crippen LogP contribution in [0.15, 0.2) is 48.5 Å². The number of aryl methyl sites for hydroxylation is 1. The number of nitrogens with one attached hydrogen (secondary N) is 2. The third kappa shape index (κ3) is 4.95. The van der Waals surface area contributed by atoms with Crippen LogP contribution in [0, 0.1) is 12.8 Å². The molecule has 2 N–H and O–H groups in total. The number of hydrogen-bond acceptors (Lipinski definition) is 2. The number of hydrogen-bond donors (Lipinski definition) is 2. The maximum absolute atomic E-state index is 12.0. The van der Waals surface area contributed by atoms with E-state index in [9.17, 15) is 9.59 Å². The highest BCUT2D eigenvalue weighted by Crippen LogP contribution is 2.09. The van der Waals surface area contributed by atoms with Crippen molar-refractivity contribution < 1.29 is 9.59 Å². The molecule has 0 aliphatic carbocycles. The van der Waals surface area contributed by atoms with E-state index in [2.05, 4.69) is 24.7 Å². The van der Waals surface area contributed by atoms with Crippen molar-refractivity contribution in [2.75, 3.05) is 0 Å². The van der Waals surface area contributed by atoms with Crippen LogP contribution in [0.4, 0.5) is 0 Å². The predicted octanol–water partition coefficient (Wildman–Crippen LogP) is 3.27. The van der Waals surface area contributed by atoms with Gasteiger partial charge in [-0.15, -0.1) is 0 Å². The van der Waals surface area contributed by atoms with Gasteiger partial charge in [0.05, 0.1) is 0 Å². The lowest BCUT2D eigenvalue weighted by molar-refractivity contribution is 0.0846. The normalized spacial score (nSPS) is 10.4. The molecule has 0 radical (unpaired) electrons. The van der Waals surface area contributed by atoms with Gasteiger partial charge in [-0.1, -0.05) is 43.7 Å². The third-order valence-electron chi connectivity index (χ3n) is 3.46. The molecule has 0 aliphatic rings. The van der Waals surface area contributed by atoms with Crippen LogP contribution in [0.5, 0.6) is 0 Å². The molecule has 0 spiro atoms. The van der Waals surface area contributed by atoms with Crippen LogP contribution in [0.1, 0.15) is 45.7 Å². The van der Waals surface area contributed by atoms with Gasteiger partial charge in [-0.3, -0.25) is 20.4 Å². The standard InChI is InChI=1S/C19H22N2O2/c1-13(2)12-15-6-10-17(11-7-15)19(23)21-20-18(22)16-8-4-14(3)5-9-16/h4-11,13H,12H2,1-3H3,(H,20,22)(H,21,23). The molecule has 0 saturated carbocycles. The first kappa shape index (κ1) is 16.7.